The lowest BCUT2D eigenvalue weighted by Crippen LogP contribution is -2.48. The van der Waals surface area contributed by atoms with Crippen molar-refractivity contribution < 1.29 is 9.53 Å². The number of carbonyl (C=O) groups is 1. The lowest BCUT2D eigenvalue weighted by molar-refractivity contribution is -0.0586. The predicted molar refractivity (Wildman–Crippen MR) is 65.2 cm³/mol. The van der Waals surface area contributed by atoms with Crippen molar-refractivity contribution in [1.29, 1.82) is 0 Å². The Labute approximate surface area is 106 Å². The van der Waals surface area contributed by atoms with E-state index in [4.69, 9.17) is 16.3 Å². The van der Waals surface area contributed by atoms with Gasteiger partial charge in [0.2, 0.25) is 0 Å². The van der Waals surface area contributed by atoms with Crippen LogP contribution >= 0.6 is 11.6 Å². The van der Waals surface area contributed by atoms with Crippen LogP contribution in [-0.4, -0.2) is 41.1 Å². The molecule has 0 N–H and O–H groups in total. The Morgan fingerprint density at radius 1 is 1.47 bits per heavy atom. The molecular formula is C12H15ClN2O2. The Kier molecular flexibility index (Phi) is 3.64. The van der Waals surface area contributed by atoms with Gasteiger partial charge in [-0.2, -0.15) is 0 Å². The largest absolute Gasteiger partial charge is 0.372 e. The van der Waals surface area contributed by atoms with E-state index in [2.05, 4.69) is 4.98 Å². The number of rotatable bonds is 1. The molecule has 2 atom stereocenters. The summed E-state index contributed by atoms with van der Waals surface area (Å²) >= 11 is 5.92. The number of carbonyl (C=O) groups excluding carboxylic acids is 1. The Morgan fingerprint density at radius 3 is 2.71 bits per heavy atom. The van der Waals surface area contributed by atoms with E-state index in [0.29, 0.717) is 18.7 Å². The molecular weight excluding hydrogens is 240 g/mol. The van der Waals surface area contributed by atoms with Gasteiger partial charge in [0.1, 0.15) is 5.15 Å². The average Bonchev–Trinajstić information content (AvgIpc) is 2.27. The normalized spacial score (nSPS) is 24.8. The standard InChI is InChI=1S/C12H15ClN2O2/c1-8-6-15(7-9(2)17-8)12(16)10-4-3-5-14-11(10)13/h3-5,8-9H,6-7H2,1-2H3/t8-,9+. The molecule has 17 heavy (non-hydrogen) atoms. The van der Waals surface area contributed by atoms with Crippen molar-refractivity contribution in [3.63, 3.8) is 0 Å². The third-order valence-corrected chi connectivity index (χ3v) is 3.00. The molecule has 1 aliphatic rings. The van der Waals surface area contributed by atoms with Crippen LogP contribution in [0.25, 0.3) is 0 Å². The van der Waals surface area contributed by atoms with Crippen LogP contribution < -0.4 is 0 Å². The number of aromatic nitrogens is 1. The van der Waals surface area contributed by atoms with Crippen molar-refractivity contribution >= 4 is 17.5 Å². The highest BCUT2D eigenvalue weighted by Crippen LogP contribution is 2.18. The zero-order valence-electron chi connectivity index (χ0n) is 9.89. The lowest BCUT2D eigenvalue weighted by Gasteiger charge is -2.35. The molecule has 1 amide bonds. The van der Waals surface area contributed by atoms with Crippen LogP contribution in [0.3, 0.4) is 0 Å². The van der Waals surface area contributed by atoms with E-state index >= 15 is 0 Å². The maximum absolute atomic E-state index is 12.3. The Hall–Kier alpha value is -1.13. The molecule has 0 unspecified atom stereocenters. The van der Waals surface area contributed by atoms with Crippen molar-refractivity contribution in [2.24, 2.45) is 0 Å². The van der Waals surface area contributed by atoms with Gasteiger partial charge >= 0.3 is 0 Å². The molecule has 0 saturated carbocycles. The number of morpholine rings is 1. The highest BCUT2D eigenvalue weighted by Gasteiger charge is 2.27. The van der Waals surface area contributed by atoms with E-state index in [1.165, 1.54) is 0 Å². The van der Waals surface area contributed by atoms with Crippen LogP contribution in [0.1, 0.15) is 24.2 Å². The van der Waals surface area contributed by atoms with Crippen LogP contribution in [0.2, 0.25) is 5.15 Å². The minimum absolute atomic E-state index is 0.0538. The number of hydrogen-bond donors (Lipinski definition) is 0. The van der Waals surface area contributed by atoms with E-state index in [0.717, 1.165) is 0 Å². The highest BCUT2D eigenvalue weighted by molar-refractivity contribution is 6.32. The fraction of sp³-hybridized carbons (Fsp3) is 0.500. The summed E-state index contributed by atoms with van der Waals surface area (Å²) in [4.78, 5) is 17.9. The lowest BCUT2D eigenvalue weighted by atomic mass is 10.2. The summed E-state index contributed by atoms with van der Waals surface area (Å²) < 4.78 is 5.59. The minimum atomic E-state index is -0.0786. The van der Waals surface area contributed by atoms with Crippen LogP contribution in [-0.2, 0) is 4.74 Å². The van der Waals surface area contributed by atoms with Crippen molar-refractivity contribution in [2.75, 3.05) is 13.1 Å². The molecule has 1 aromatic rings. The second-order valence-corrected chi connectivity index (χ2v) is 4.67. The smallest absolute Gasteiger partial charge is 0.257 e. The topological polar surface area (TPSA) is 42.4 Å². The Morgan fingerprint density at radius 2 is 2.12 bits per heavy atom. The third kappa shape index (κ3) is 2.76. The number of ether oxygens (including phenoxy) is 1. The molecule has 2 heterocycles. The zero-order valence-corrected chi connectivity index (χ0v) is 10.6. The van der Waals surface area contributed by atoms with E-state index in [1.54, 1.807) is 23.2 Å². The number of hydrogen-bond acceptors (Lipinski definition) is 3. The second-order valence-electron chi connectivity index (χ2n) is 4.31. The van der Waals surface area contributed by atoms with Crippen molar-refractivity contribution in [3.8, 4) is 0 Å². The van der Waals surface area contributed by atoms with Crippen LogP contribution in [0.15, 0.2) is 18.3 Å². The van der Waals surface area contributed by atoms with Crippen molar-refractivity contribution in [2.45, 2.75) is 26.1 Å². The molecule has 0 spiro atoms. The van der Waals surface area contributed by atoms with Gasteiger partial charge in [0.15, 0.2) is 0 Å². The van der Waals surface area contributed by atoms with E-state index in [-0.39, 0.29) is 23.3 Å². The first-order chi connectivity index (χ1) is 8.08. The van der Waals surface area contributed by atoms with E-state index < -0.39 is 0 Å². The predicted octanol–water partition coefficient (Wildman–Crippen LogP) is 1.98. The second kappa shape index (κ2) is 5.02. The van der Waals surface area contributed by atoms with Gasteiger partial charge in [0.25, 0.3) is 5.91 Å². The Bertz CT molecular complexity index is 415. The highest BCUT2D eigenvalue weighted by atomic mass is 35.5. The fourth-order valence-corrected chi connectivity index (χ4v) is 2.26. The van der Waals surface area contributed by atoms with E-state index in [1.807, 2.05) is 13.8 Å². The minimum Gasteiger partial charge on any atom is -0.372 e. The molecule has 1 aromatic heterocycles. The van der Waals surface area contributed by atoms with Gasteiger partial charge in [-0.05, 0) is 26.0 Å². The summed E-state index contributed by atoms with van der Waals surface area (Å²) in [6.45, 7) is 5.10. The molecule has 1 saturated heterocycles. The molecule has 0 aromatic carbocycles. The quantitative estimate of drug-likeness (QED) is 0.720. The van der Waals surface area contributed by atoms with Crippen molar-refractivity contribution in [3.05, 3.63) is 29.0 Å². The van der Waals surface area contributed by atoms with Gasteiger partial charge in [-0.3, -0.25) is 4.79 Å². The first-order valence-corrected chi connectivity index (χ1v) is 6.01. The van der Waals surface area contributed by atoms with Crippen LogP contribution in [0.4, 0.5) is 0 Å². The van der Waals surface area contributed by atoms with Gasteiger partial charge in [0.05, 0.1) is 17.8 Å². The van der Waals surface area contributed by atoms with Crippen molar-refractivity contribution in [1.82, 2.24) is 9.88 Å². The van der Waals surface area contributed by atoms with Gasteiger partial charge in [0, 0.05) is 19.3 Å². The average molecular weight is 255 g/mol. The van der Waals surface area contributed by atoms with Crippen LogP contribution in [0.5, 0.6) is 0 Å². The van der Waals surface area contributed by atoms with Crippen LogP contribution in [0, 0.1) is 0 Å². The van der Waals surface area contributed by atoms with Gasteiger partial charge in [-0.25, -0.2) is 4.98 Å². The molecule has 92 valence electrons. The SMILES string of the molecule is C[C@@H]1CN(C(=O)c2cccnc2Cl)C[C@H](C)O1. The molecule has 0 bridgehead atoms. The molecule has 1 fully saturated rings. The molecule has 1 aliphatic heterocycles. The Balaban J connectivity index is 2.17. The third-order valence-electron chi connectivity index (χ3n) is 2.70. The summed E-state index contributed by atoms with van der Waals surface area (Å²) in [6, 6.07) is 3.41. The molecule has 4 nitrogen and oxygen atoms in total. The van der Waals surface area contributed by atoms with Gasteiger partial charge in [-0.15, -0.1) is 0 Å². The van der Waals surface area contributed by atoms with Gasteiger partial charge < -0.3 is 9.64 Å². The fourth-order valence-electron chi connectivity index (χ4n) is 2.06. The number of halogens is 1. The maximum Gasteiger partial charge on any atom is 0.257 e. The summed E-state index contributed by atoms with van der Waals surface area (Å²) in [6.07, 6.45) is 1.68. The maximum atomic E-state index is 12.3. The first-order valence-electron chi connectivity index (χ1n) is 5.63. The van der Waals surface area contributed by atoms with Gasteiger partial charge in [-0.1, -0.05) is 11.6 Å². The summed E-state index contributed by atoms with van der Waals surface area (Å²) in [5.41, 5.74) is 0.454. The zero-order chi connectivity index (χ0) is 12.4. The number of amides is 1. The first kappa shape index (κ1) is 12.3. The van der Waals surface area contributed by atoms with E-state index in [9.17, 15) is 4.79 Å². The summed E-state index contributed by atoms with van der Waals surface area (Å²) in [5, 5.41) is 0.254. The number of pyridine rings is 1. The summed E-state index contributed by atoms with van der Waals surface area (Å²) in [5.74, 6) is -0.0786. The number of nitrogens with zero attached hydrogens (tertiary/aromatic N) is 2. The molecule has 5 heteroatoms. The summed E-state index contributed by atoms with van der Waals surface area (Å²) in [7, 11) is 0. The molecule has 0 aliphatic carbocycles. The monoisotopic (exact) mass is 254 g/mol. The molecule has 0 radical (unpaired) electrons. The molecule has 2 rings (SSSR count).